The van der Waals surface area contributed by atoms with Gasteiger partial charge in [0.1, 0.15) is 0 Å². The molecule has 7 nitrogen and oxygen atoms in total. The van der Waals surface area contributed by atoms with E-state index in [-0.39, 0.29) is 16.3 Å². The highest BCUT2D eigenvalue weighted by molar-refractivity contribution is 7.89. The van der Waals surface area contributed by atoms with Gasteiger partial charge in [-0.3, -0.25) is 9.59 Å². The number of sulfonamides is 1. The highest BCUT2D eigenvalue weighted by Crippen LogP contribution is 2.66. The second kappa shape index (κ2) is 8.70. The number of esters is 1. The van der Waals surface area contributed by atoms with Crippen LogP contribution in [0.1, 0.15) is 62.1 Å². The van der Waals surface area contributed by atoms with E-state index in [2.05, 4.69) is 37.4 Å². The standard InChI is InChI=1S/C28H34N2O5S/c1-17-4-5-22(10-18(17)2)27-12-20-11-21(13-27)15-28(14-20,16-27)26(32)35-19(3)25(31)30-23-6-8-24(9-7-23)36(29,33)34/h4-10,19-21H,11-16H2,1-3H3,(H,30,31)(H2,29,33,34)/t19-,20-,21+,27?,28?/m0/s1. The summed E-state index contributed by atoms with van der Waals surface area (Å²) in [7, 11) is -3.81. The smallest absolute Gasteiger partial charge is 0.312 e. The number of amides is 1. The summed E-state index contributed by atoms with van der Waals surface area (Å²) in [4.78, 5) is 26.4. The van der Waals surface area contributed by atoms with Gasteiger partial charge in [0.2, 0.25) is 10.0 Å². The predicted octanol–water partition coefficient (Wildman–Crippen LogP) is 4.36. The van der Waals surface area contributed by atoms with E-state index in [4.69, 9.17) is 9.88 Å². The number of anilines is 1. The average molecular weight is 511 g/mol. The molecule has 0 heterocycles. The van der Waals surface area contributed by atoms with Crippen molar-refractivity contribution in [3.63, 3.8) is 0 Å². The molecule has 4 fully saturated rings. The van der Waals surface area contributed by atoms with Crippen molar-refractivity contribution >= 4 is 27.6 Å². The van der Waals surface area contributed by atoms with Gasteiger partial charge >= 0.3 is 5.97 Å². The van der Waals surface area contributed by atoms with Crippen molar-refractivity contribution < 1.29 is 22.7 Å². The molecule has 6 rings (SSSR count). The maximum atomic E-state index is 13.6. The minimum atomic E-state index is -3.81. The molecule has 4 saturated carbocycles. The molecule has 2 aromatic rings. The van der Waals surface area contributed by atoms with Crippen LogP contribution in [0, 0.1) is 31.1 Å². The lowest BCUT2D eigenvalue weighted by Gasteiger charge is -2.61. The van der Waals surface area contributed by atoms with Crippen LogP contribution in [0.3, 0.4) is 0 Å². The minimum absolute atomic E-state index is 0.00185. The fourth-order valence-corrected chi connectivity index (χ4v) is 7.74. The largest absolute Gasteiger partial charge is 0.452 e. The number of hydrogen-bond donors (Lipinski definition) is 2. The third kappa shape index (κ3) is 4.45. The first-order valence-electron chi connectivity index (χ1n) is 12.6. The molecule has 2 unspecified atom stereocenters. The van der Waals surface area contributed by atoms with E-state index < -0.39 is 27.4 Å². The van der Waals surface area contributed by atoms with Crippen molar-refractivity contribution in [1.82, 2.24) is 0 Å². The summed E-state index contributed by atoms with van der Waals surface area (Å²) in [6, 6.07) is 12.3. The summed E-state index contributed by atoms with van der Waals surface area (Å²) in [5.41, 5.74) is 3.75. The van der Waals surface area contributed by atoms with Crippen LogP contribution in [0.4, 0.5) is 5.69 Å². The van der Waals surface area contributed by atoms with E-state index in [1.165, 1.54) is 47.4 Å². The monoisotopic (exact) mass is 510 g/mol. The Morgan fingerprint density at radius 1 is 1.00 bits per heavy atom. The molecule has 2 aromatic carbocycles. The fraction of sp³-hybridized carbons (Fsp3) is 0.500. The third-order valence-electron chi connectivity index (χ3n) is 8.72. The molecule has 36 heavy (non-hydrogen) atoms. The van der Waals surface area contributed by atoms with Crippen LogP contribution in [0.15, 0.2) is 47.4 Å². The van der Waals surface area contributed by atoms with E-state index in [0.717, 1.165) is 32.1 Å². The second-order valence-electron chi connectivity index (χ2n) is 11.4. The van der Waals surface area contributed by atoms with Crippen molar-refractivity contribution in [2.24, 2.45) is 22.4 Å². The SMILES string of the molecule is Cc1ccc(C23C[C@@H]4C[C@@H](CC(C(=O)O[C@@H](C)C(=O)Nc5ccc(S(N)(=O)=O)cc5)(C4)C2)C3)cc1C. The van der Waals surface area contributed by atoms with Gasteiger partial charge in [-0.2, -0.15) is 0 Å². The summed E-state index contributed by atoms with van der Waals surface area (Å²) < 4.78 is 28.7. The Hall–Kier alpha value is -2.71. The lowest BCUT2D eigenvalue weighted by Crippen LogP contribution is -2.57. The first kappa shape index (κ1) is 25.0. The molecule has 8 heteroatoms. The average Bonchev–Trinajstić information content (AvgIpc) is 2.79. The quantitative estimate of drug-likeness (QED) is 0.560. The highest BCUT2D eigenvalue weighted by Gasteiger charge is 2.61. The van der Waals surface area contributed by atoms with Crippen LogP contribution in [0.25, 0.3) is 0 Å². The number of benzene rings is 2. The van der Waals surface area contributed by atoms with Crippen LogP contribution in [-0.2, 0) is 29.8 Å². The van der Waals surface area contributed by atoms with Gasteiger partial charge < -0.3 is 10.1 Å². The molecule has 0 aliphatic heterocycles. The Morgan fingerprint density at radius 3 is 2.22 bits per heavy atom. The van der Waals surface area contributed by atoms with Crippen LogP contribution >= 0.6 is 0 Å². The maximum absolute atomic E-state index is 13.6. The van der Waals surface area contributed by atoms with E-state index in [0.29, 0.717) is 17.5 Å². The first-order valence-corrected chi connectivity index (χ1v) is 14.2. The molecule has 0 saturated heterocycles. The van der Waals surface area contributed by atoms with Gasteiger partial charge in [-0.1, -0.05) is 18.2 Å². The van der Waals surface area contributed by atoms with E-state index in [9.17, 15) is 18.0 Å². The number of nitrogens with one attached hydrogen (secondary N) is 1. The molecule has 0 aromatic heterocycles. The lowest BCUT2D eigenvalue weighted by molar-refractivity contribution is -0.180. The van der Waals surface area contributed by atoms with E-state index in [1.807, 2.05) is 0 Å². The zero-order chi connectivity index (χ0) is 25.9. The Kier molecular flexibility index (Phi) is 6.03. The van der Waals surface area contributed by atoms with Gasteiger partial charge in [0.15, 0.2) is 6.10 Å². The van der Waals surface area contributed by atoms with Gasteiger partial charge in [-0.25, -0.2) is 13.6 Å². The number of ether oxygens (including phenoxy) is 1. The Labute approximate surface area is 212 Å². The van der Waals surface area contributed by atoms with Crippen molar-refractivity contribution in [2.45, 2.75) is 75.7 Å². The molecule has 1 amide bonds. The molecule has 192 valence electrons. The molecule has 4 bridgehead atoms. The van der Waals surface area contributed by atoms with Gasteiger partial charge in [0.25, 0.3) is 5.91 Å². The molecule has 3 N–H and O–H groups in total. The lowest BCUT2D eigenvalue weighted by atomic mass is 9.43. The molecule has 5 atom stereocenters. The Morgan fingerprint density at radius 2 is 1.64 bits per heavy atom. The number of nitrogens with two attached hydrogens (primary N) is 1. The number of rotatable bonds is 6. The van der Waals surface area contributed by atoms with Crippen LogP contribution in [0.2, 0.25) is 0 Å². The molecular formula is C28H34N2O5S. The van der Waals surface area contributed by atoms with E-state index >= 15 is 0 Å². The number of carbonyl (C=O) groups excluding carboxylic acids is 2. The summed E-state index contributed by atoms with van der Waals surface area (Å²) in [5.74, 6) is 0.279. The van der Waals surface area contributed by atoms with Crippen molar-refractivity contribution in [3.05, 3.63) is 59.2 Å². The molecular weight excluding hydrogens is 476 g/mol. The van der Waals surface area contributed by atoms with Crippen LogP contribution in [-0.4, -0.2) is 26.4 Å². The number of hydrogen-bond acceptors (Lipinski definition) is 5. The van der Waals surface area contributed by atoms with Gasteiger partial charge in [-0.05, 0) is 118 Å². The Balaban J connectivity index is 1.30. The predicted molar refractivity (Wildman–Crippen MR) is 137 cm³/mol. The van der Waals surface area contributed by atoms with Crippen molar-refractivity contribution in [1.29, 1.82) is 0 Å². The molecule has 0 spiro atoms. The summed E-state index contributed by atoms with van der Waals surface area (Å²) >= 11 is 0. The van der Waals surface area contributed by atoms with Crippen molar-refractivity contribution in [3.8, 4) is 0 Å². The topological polar surface area (TPSA) is 116 Å². The zero-order valence-corrected chi connectivity index (χ0v) is 21.9. The Bertz CT molecular complexity index is 1300. The number of aryl methyl sites for hydroxylation is 2. The molecule has 4 aliphatic rings. The minimum Gasteiger partial charge on any atom is -0.452 e. The summed E-state index contributed by atoms with van der Waals surface area (Å²) in [6.07, 6.45) is 4.87. The first-order chi connectivity index (χ1) is 16.9. The van der Waals surface area contributed by atoms with Crippen LogP contribution < -0.4 is 10.5 Å². The second-order valence-corrected chi connectivity index (χ2v) is 13.0. The molecule has 4 aliphatic carbocycles. The van der Waals surface area contributed by atoms with Gasteiger partial charge in [-0.15, -0.1) is 0 Å². The number of primary sulfonamides is 1. The van der Waals surface area contributed by atoms with Crippen molar-refractivity contribution in [2.75, 3.05) is 5.32 Å². The third-order valence-corrected chi connectivity index (χ3v) is 9.65. The fourth-order valence-electron chi connectivity index (χ4n) is 7.22. The van der Waals surface area contributed by atoms with Crippen LogP contribution in [0.5, 0.6) is 0 Å². The number of carbonyl (C=O) groups is 2. The van der Waals surface area contributed by atoms with Gasteiger partial charge in [0.05, 0.1) is 10.3 Å². The summed E-state index contributed by atoms with van der Waals surface area (Å²) in [5, 5.41) is 7.82. The molecule has 0 radical (unpaired) electrons. The summed E-state index contributed by atoms with van der Waals surface area (Å²) in [6.45, 7) is 5.84. The maximum Gasteiger partial charge on any atom is 0.312 e. The normalized spacial score (nSPS) is 29.6. The van der Waals surface area contributed by atoms with Gasteiger partial charge in [0, 0.05) is 5.69 Å². The zero-order valence-electron chi connectivity index (χ0n) is 21.0. The highest BCUT2D eigenvalue weighted by atomic mass is 32.2. The van der Waals surface area contributed by atoms with E-state index in [1.54, 1.807) is 6.92 Å².